The van der Waals surface area contributed by atoms with Crippen molar-refractivity contribution in [2.75, 3.05) is 31.6 Å². The average molecular weight is 486 g/mol. The number of amides is 1. The molecule has 3 saturated heterocycles. The van der Waals surface area contributed by atoms with E-state index in [1.165, 1.54) is 24.8 Å². The summed E-state index contributed by atoms with van der Waals surface area (Å²) in [5.41, 5.74) is 4.06. The van der Waals surface area contributed by atoms with Crippen molar-refractivity contribution in [3.63, 3.8) is 0 Å². The van der Waals surface area contributed by atoms with Gasteiger partial charge in [-0.15, -0.1) is 0 Å². The van der Waals surface area contributed by atoms with Gasteiger partial charge >= 0.3 is 6.09 Å². The second kappa shape index (κ2) is 9.74. The number of benzene rings is 2. The molecule has 6 heteroatoms. The molecule has 188 valence electrons. The van der Waals surface area contributed by atoms with E-state index in [4.69, 9.17) is 9.47 Å². The van der Waals surface area contributed by atoms with Crippen molar-refractivity contribution < 1.29 is 14.3 Å². The number of ether oxygens (including phenoxy) is 2. The summed E-state index contributed by atoms with van der Waals surface area (Å²) in [6, 6.07) is 16.5. The Balaban J connectivity index is 1.33. The Morgan fingerprint density at radius 3 is 2.86 bits per heavy atom. The fourth-order valence-electron chi connectivity index (χ4n) is 6.71. The van der Waals surface area contributed by atoms with E-state index >= 15 is 0 Å². The summed E-state index contributed by atoms with van der Waals surface area (Å²) in [6.45, 7) is 5.29. The number of nitrogens with zero attached hydrogens (tertiary/aromatic N) is 3. The lowest BCUT2D eigenvalue weighted by Crippen LogP contribution is -2.53. The lowest BCUT2D eigenvalue weighted by Gasteiger charge is -2.50. The largest absolute Gasteiger partial charge is 0.497 e. The van der Waals surface area contributed by atoms with Gasteiger partial charge in [-0.25, -0.2) is 4.79 Å². The van der Waals surface area contributed by atoms with Gasteiger partial charge in [0, 0.05) is 42.7 Å². The number of rotatable bonds is 6. The van der Waals surface area contributed by atoms with E-state index in [0.29, 0.717) is 12.6 Å². The molecule has 3 aromatic rings. The van der Waals surface area contributed by atoms with Crippen LogP contribution < -0.4 is 9.64 Å². The van der Waals surface area contributed by atoms with Crippen molar-refractivity contribution >= 4 is 22.7 Å². The number of para-hydroxylation sites is 1. The van der Waals surface area contributed by atoms with Gasteiger partial charge in [0.15, 0.2) is 0 Å². The molecule has 6 nitrogen and oxygen atoms in total. The van der Waals surface area contributed by atoms with Crippen LogP contribution in [0.5, 0.6) is 5.75 Å². The van der Waals surface area contributed by atoms with Crippen molar-refractivity contribution in [3.8, 4) is 5.75 Å². The lowest BCUT2D eigenvalue weighted by molar-refractivity contribution is -0.0227. The Morgan fingerprint density at radius 1 is 1.17 bits per heavy atom. The monoisotopic (exact) mass is 485 g/mol. The summed E-state index contributed by atoms with van der Waals surface area (Å²) >= 11 is 0. The predicted octanol–water partition coefficient (Wildman–Crippen LogP) is 5.99. The zero-order valence-electron chi connectivity index (χ0n) is 21.2. The molecule has 0 saturated carbocycles. The highest BCUT2D eigenvalue weighted by atomic mass is 16.6. The maximum atomic E-state index is 13.6. The number of hydrogen-bond donors (Lipinski definition) is 0. The Hall–Kier alpha value is -3.12. The summed E-state index contributed by atoms with van der Waals surface area (Å²) in [5, 5.41) is 0.985. The number of piperidine rings is 3. The van der Waals surface area contributed by atoms with Crippen LogP contribution in [0.1, 0.15) is 49.8 Å². The number of carbonyl (C=O) groups is 1. The molecule has 7 rings (SSSR count). The van der Waals surface area contributed by atoms with Crippen LogP contribution >= 0.6 is 0 Å². The Kier molecular flexibility index (Phi) is 6.30. The first kappa shape index (κ1) is 23.3. The minimum Gasteiger partial charge on any atom is -0.497 e. The van der Waals surface area contributed by atoms with E-state index in [1.807, 2.05) is 48.7 Å². The number of fused-ring (bicyclic) bond motifs is 5. The van der Waals surface area contributed by atoms with Crippen molar-refractivity contribution in [3.05, 3.63) is 65.9 Å². The fourth-order valence-corrected chi connectivity index (χ4v) is 6.71. The van der Waals surface area contributed by atoms with E-state index in [1.54, 1.807) is 12.0 Å². The number of hydrogen-bond acceptors (Lipinski definition) is 5. The van der Waals surface area contributed by atoms with Crippen molar-refractivity contribution in [2.45, 2.75) is 51.2 Å². The summed E-state index contributed by atoms with van der Waals surface area (Å²) < 4.78 is 11.9. The minimum absolute atomic E-state index is 0.264. The summed E-state index contributed by atoms with van der Waals surface area (Å²) in [4.78, 5) is 22.6. The molecule has 3 fully saturated rings. The number of carbonyl (C=O) groups excluding carboxylic acids is 1. The summed E-state index contributed by atoms with van der Waals surface area (Å²) in [6.07, 6.45) is 6.59. The van der Waals surface area contributed by atoms with Gasteiger partial charge in [0.2, 0.25) is 0 Å². The highest BCUT2D eigenvalue weighted by Gasteiger charge is 2.41. The number of aromatic nitrogens is 1. The first-order chi connectivity index (χ1) is 17.6. The molecule has 0 spiro atoms. The standard InChI is InChI=1S/C30H35N3O3/c1-3-20-19-32-14-11-22(20)16-23(32)17-29(25-10-13-31-27-9-8-24(35-2)18-26(25)27)36-30(34)33-15-12-21-6-4-5-7-28(21)33/h4-10,13,18,20,22-23,29H,3,11-12,14-17,19H2,1-2H3/t20-,22+,23+,29+/m1/s1. The first-order valence-electron chi connectivity index (χ1n) is 13.4. The Morgan fingerprint density at radius 2 is 2.06 bits per heavy atom. The van der Waals surface area contributed by atoms with Gasteiger partial charge < -0.3 is 9.47 Å². The SMILES string of the molecule is CC[C@@H]1CN2CC[C@H]1C[C@H]2C[C@H](OC(=O)N1CCc2ccccc21)c1ccnc2ccc(OC)cc12. The fraction of sp³-hybridized carbons (Fsp3) is 0.467. The normalized spacial score (nSPS) is 25.6. The maximum Gasteiger partial charge on any atom is 0.414 e. The molecule has 4 aliphatic rings. The number of anilines is 1. The maximum absolute atomic E-state index is 13.6. The van der Waals surface area contributed by atoms with Crippen LogP contribution in [0.2, 0.25) is 0 Å². The van der Waals surface area contributed by atoms with Gasteiger partial charge in [-0.3, -0.25) is 14.8 Å². The van der Waals surface area contributed by atoms with Crippen LogP contribution in [0, 0.1) is 11.8 Å². The van der Waals surface area contributed by atoms with E-state index in [-0.39, 0.29) is 12.2 Å². The Bertz CT molecular complexity index is 1260. The molecule has 2 bridgehead atoms. The predicted molar refractivity (Wildman–Crippen MR) is 141 cm³/mol. The first-order valence-corrected chi connectivity index (χ1v) is 13.4. The third kappa shape index (κ3) is 4.21. The molecule has 5 atom stereocenters. The van der Waals surface area contributed by atoms with Crippen LogP contribution in [0.3, 0.4) is 0 Å². The second-order valence-electron chi connectivity index (χ2n) is 10.5. The Labute approximate surface area is 213 Å². The quantitative estimate of drug-likeness (QED) is 0.429. The molecular formula is C30H35N3O3. The van der Waals surface area contributed by atoms with Crippen molar-refractivity contribution in [1.29, 1.82) is 0 Å². The molecular weight excluding hydrogens is 450 g/mol. The molecule has 1 unspecified atom stereocenters. The number of methoxy groups -OCH3 is 1. The van der Waals surface area contributed by atoms with Crippen molar-refractivity contribution in [2.24, 2.45) is 11.8 Å². The zero-order chi connectivity index (χ0) is 24.6. The molecule has 0 N–H and O–H groups in total. The highest BCUT2D eigenvalue weighted by Crippen LogP contribution is 2.42. The van der Waals surface area contributed by atoms with Gasteiger partial charge in [-0.1, -0.05) is 31.5 Å². The van der Waals surface area contributed by atoms with Crippen LogP contribution in [-0.2, 0) is 11.2 Å². The molecule has 5 heterocycles. The topological polar surface area (TPSA) is 54.9 Å². The molecule has 0 radical (unpaired) electrons. The molecule has 36 heavy (non-hydrogen) atoms. The van der Waals surface area contributed by atoms with E-state index in [9.17, 15) is 4.79 Å². The van der Waals surface area contributed by atoms with Crippen molar-refractivity contribution in [1.82, 2.24) is 9.88 Å². The van der Waals surface area contributed by atoms with Gasteiger partial charge in [0.1, 0.15) is 11.9 Å². The highest BCUT2D eigenvalue weighted by molar-refractivity contribution is 5.91. The molecule has 0 aliphatic carbocycles. The van der Waals surface area contributed by atoms with Crippen LogP contribution in [0.4, 0.5) is 10.5 Å². The molecule has 1 aromatic heterocycles. The van der Waals surface area contributed by atoms with E-state index in [0.717, 1.165) is 65.7 Å². The zero-order valence-corrected chi connectivity index (χ0v) is 21.2. The summed E-state index contributed by atoms with van der Waals surface area (Å²) in [5.74, 6) is 2.35. The van der Waals surface area contributed by atoms with E-state index < -0.39 is 0 Å². The van der Waals surface area contributed by atoms with Gasteiger partial charge in [-0.05, 0) is 73.5 Å². The third-order valence-electron chi connectivity index (χ3n) is 8.70. The van der Waals surface area contributed by atoms with Crippen LogP contribution in [-0.4, -0.2) is 48.8 Å². The third-order valence-corrected chi connectivity index (χ3v) is 8.70. The lowest BCUT2D eigenvalue weighted by atomic mass is 9.73. The minimum atomic E-state index is -0.354. The second-order valence-corrected chi connectivity index (χ2v) is 10.5. The van der Waals surface area contributed by atoms with Crippen LogP contribution in [0.15, 0.2) is 54.7 Å². The van der Waals surface area contributed by atoms with Crippen LogP contribution in [0.25, 0.3) is 10.9 Å². The van der Waals surface area contributed by atoms with Gasteiger partial charge in [-0.2, -0.15) is 0 Å². The van der Waals surface area contributed by atoms with Gasteiger partial charge in [0.05, 0.1) is 18.3 Å². The average Bonchev–Trinajstić information content (AvgIpc) is 3.37. The van der Waals surface area contributed by atoms with E-state index in [2.05, 4.69) is 22.9 Å². The summed E-state index contributed by atoms with van der Waals surface area (Å²) in [7, 11) is 1.68. The smallest absolute Gasteiger partial charge is 0.414 e. The molecule has 4 aliphatic heterocycles. The van der Waals surface area contributed by atoms with Gasteiger partial charge in [0.25, 0.3) is 0 Å². The molecule has 1 amide bonds. The molecule has 2 aromatic carbocycles. The number of pyridine rings is 1.